The van der Waals surface area contributed by atoms with E-state index in [9.17, 15) is 0 Å². The minimum absolute atomic E-state index is 0.112. The lowest BCUT2D eigenvalue weighted by atomic mass is 9.62. The first-order valence-corrected chi connectivity index (χ1v) is 11.9. The summed E-state index contributed by atoms with van der Waals surface area (Å²) in [6.45, 7) is 19.7. The number of aryl methyl sites for hydroxylation is 1. The summed E-state index contributed by atoms with van der Waals surface area (Å²) in [6, 6.07) is 8.58. The highest BCUT2D eigenvalue weighted by atomic mass is 16.7. The van der Waals surface area contributed by atoms with Crippen LogP contribution in [-0.2, 0) is 20.1 Å². The van der Waals surface area contributed by atoms with Crippen molar-refractivity contribution in [3.63, 3.8) is 0 Å². The summed E-state index contributed by atoms with van der Waals surface area (Å²) >= 11 is 0. The number of hydrazone groups is 1. The van der Waals surface area contributed by atoms with Crippen LogP contribution in [0.4, 0.5) is 0 Å². The zero-order chi connectivity index (χ0) is 24.4. The molecule has 5 nitrogen and oxygen atoms in total. The highest BCUT2D eigenvalue weighted by Gasteiger charge is 2.51. The van der Waals surface area contributed by atoms with Gasteiger partial charge in [0.15, 0.2) is 0 Å². The van der Waals surface area contributed by atoms with Gasteiger partial charge in [-0.2, -0.15) is 5.10 Å². The predicted octanol–water partition coefficient (Wildman–Crippen LogP) is 4.75. The van der Waals surface area contributed by atoms with Crippen molar-refractivity contribution < 1.29 is 9.31 Å². The van der Waals surface area contributed by atoms with E-state index in [1.165, 1.54) is 23.1 Å². The molecule has 0 saturated carbocycles. The number of hydrogen-bond acceptors (Lipinski definition) is 5. The molecule has 1 aromatic carbocycles. The second-order valence-electron chi connectivity index (χ2n) is 12.0. The topological polar surface area (TPSA) is 69.7 Å². The van der Waals surface area contributed by atoms with Crippen LogP contribution in [0.2, 0.25) is 0 Å². The van der Waals surface area contributed by atoms with Gasteiger partial charge in [0.25, 0.3) is 0 Å². The maximum atomic E-state index is 6.17. The van der Waals surface area contributed by atoms with Crippen LogP contribution >= 0.6 is 0 Å². The Balaban J connectivity index is 1.69. The second kappa shape index (κ2) is 7.67. The summed E-state index contributed by atoms with van der Waals surface area (Å²) in [4.78, 5) is 4.71. The molecule has 6 heteroatoms. The number of pyridine rings is 1. The fraction of sp³-hybridized carbons (Fsp3) is 0.556. The van der Waals surface area contributed by atoms with Gasteiger partial charge in [0, 0.05) is 17.2 Å². The van der Waals surface area contributed by atoms with E-state index in [0.717, 1.165) is 23.1 Å². The van der Waals surface area contributed by atoms with Crippen molar-refractivity contribution >= 4 is 18.3 Å². The van der Waals surface area contributed by atoms with Crippen LogP contribution in [-0.4, -0.2) is 29.0 Å². The third-order valence-corrected chi connectivity index (χ3v) is 8.14. The number of nitrogens with zero attached hydrogens (tertiary/aromatic N) is 2. The Morgan fingerprint density at radius 2 is 1.45 bits per heavy atom. The summed E-state index contributed by atoms with van der Waals surface area (Å²) in [7, 11) is -0.441. The summed E-state index contributed by atoms with van der Waals surface area (Å²) < 4.78 is 12.3. The predicted molar refractivity (Wildman–Crippen MR) is 136 cm³/mol. The van der Waals surface area contributed by atoms with E-state index in [1.54, 1.807) is 0 Å². The van der Waals surface area contributed by atoms with Crippen LogP contribution in [0.15, 0.2) is 35.6 Å². The van der Waals surface area contributed by atoms with Gasteiger partial charge < -0.3 is 15.2 Å². The highest BCUT2D eigenvalue weighted by molar-refractivity contribution is 6.62. The zero-order valence-corrected chi connectivity index (χ0v) is 21.7. The van der Waals surface area contributed by atoms with Gasteiger partial charge in [0.1, 0.15) is 5.71 Å². The normalized spacial score (nSPS) is 22.8. The quantitative estimate of drug-likeness (QED) is 0.319. The smallest absolute Gasteiger partial charge is 0.399 e. The molecule has 4 rings (SSSR count). The van der Waals surface area contributed by atoms with Crippen LogP contribution in [0.1, 0.15) is 96.2 Å². The molecule has 33 heavy (non-hydrogen) atoms. The van der Waals surface area contributed by atoms with Crippen LogP contribution < -0.4 is 11.3 Å². The largest absolute Gasteiger partial charge is 0.496 e. The first-order chi connectivity index (χ1) is 15.2. The summed E-state index contributed by atoms with van der Waals surface area (Å²) in [5.41, 5.74) is 6.86. The molecular weight excluding hydrogens is 409 g/mol. The molecule has 0 spiro atoms. The number of benzene rings is 1. The van der Waals surface area contributed by atoms with Gasteiger partial charge in [0.05, 0.1) is 16.9 Å². The van der Waals surface area contributed by atoms with Crippen LogP contribution in [0.3, 0.4) is 0 Å². The van der Waals surface area contributed by atoms with Crippen molar-refractivity contribution in [2.75, 3.05) is 0 Å². The summed E-state index contributed by atoms with van der Waals surface area (Å²) in [6.07, 6.45) is 4.15. The molecule has 0 amide bonds. The number of nitrogens with two attached hydrogens (primary N) is 1. The van der Waals surface area contributed by atoms with E-state index >= 15 is 0 Å². The van der Waals surface area contributed by atoms with Crippen LogP contribution in [0.25, 0.3) is 0 Å². The SMILES string of the molecule is Cc1cc2c(cc1C(=NN)c1ccc(B3OC(C)(C)C(C)(C)O3)cn1)C(C)(C)CCC2(C)C. The Hall–Kier alpha value is -2.18. The average molecular weight is 447 g/mol. The molecule has 0 atom stereocenters. The molecule has 176 valence electrons. The van der Waals surface area contributed by atoms with Crippen molar-refractivity contribution in [3.05, 3.63) is 58.4 Å². The molecule has 1 aliphatic heterocycles. The molecular formula is C27H38BN3O2. The number of aromatic nitrogens is 1. The molecule has 1 fully saturated rings. The van der Waals surface area contributed by atoms with Gasteiger partial charge in [-0.3, -0.25) is 4.98 Å². The van der Waals surface area contributed by atoms with Gasteiger partial charge in [-0.1, -0.05) is 39.8 Å². The van der Waals surface area contributed by atoms with Gasteiger partial charge in [-0.15, -0.1) is 0 Å². The van der Waals surface area contributed by atoms with E-state index in [4.69, 9.17) is 20.1 Å². The fourth-order valence-electron chi connectivity index (χ4n) is 4.91. The van der Waals surface area contributed by atoms with Gasteiger partial charge >= 0.3 is 7.12 Å². The Morgan fingerprint density at radius 3 is 1.94 bits per heavy atom. The summed E-state index contributed by atoms with van der Waals surface area (Å²) in [5.74, 6) is 5.93. The van der Waals surface area contributed by atoms with Gasteiger partial charge in [0.2, 0.25) is 0 Å². The van der Waals surface area contributed by atoms with Crippen LogP contribution in [0, 0.1) is 6.92 Å². The number of hydrogen-bond donors (Lipinski definition) is 1. The van der Waals surface area contributed by atoms with Crippen molar-refractivity contribution in [2.45, 2.75) is 97.2 Å². The minimum Gasteiger partial charge on any atom is -0.399 e. The summed E-state index contributed by atoms with van der Waals surface area (Å²) in [5, 5.41) is 4.19. The maximum absolute atomic E-state index is 6.17. The van der Waals surface area contributed by atoms with Gasteiger partial charge in [-0.05, 0) is 87.1 Å². The van der Waals surface area contributed by atoms with Crippen molar-refractivity contribution in [3.8, 4) is 0 Å². The molecule has 1 aromatic heterocycles. The molecule has 2 aliphatic rings. The maximum Gasteiger partial charge on any atom is 0.496 e. The Kier molecular flexibility index (Phi) is 5.57. The lowest BCUT2D eigenvalue weighted by Gasteiger charge is -2.42. The van der Waals surface area contributed by atoms with Crippen molar-refractivity contribution in [1.82, 2.24) is 4.98 Å². The van der Waals surface area contributed by atoms with Crippen molar-refractivity contribution in [2.24, 2.45) is 10.9 Å². The molecule has 2 heterocycles. The molecule has 1 saturated heterocycles. The second-order valence-corrected chi connectivity index (χ2v) is 12.0. The van der Waals surface area contributed by atoms with E-state index in [1.807, 2.05) is 18.3 Å². The Morgan fingerprint density at radius 1 is 0.909 bits per heavy atom. The molecule has 0 radical (unpaired) electrons. The number of fused-ring (bicyclic) bond motifs is 1. The fourth-order valence-corrected chi connectivity index (χ4v) is 4.91. The van der Waals surface area contributed by atoms with E-state index in [-0.39, 0.29) is 22.0 Å². The molecule has 0 unspecified atom stereocenters. The molecule has 0 bridgehead atoms. The first kappa shape index (κ1) is 24.0. The molecule has 2 aromatic rings. The zero-order valence-electron chi connectivity index (χ0n) is 21.7. The Labute approximate surface area is 199 Å². The average Bonchev–Trinajstić information content (AvgIpc) is 2.94. The lowest BCUT2D eigenvalue weighted by molar-refractivity contribution is 0.00578. The molecule has 1 aliphatic carbocycles. The minimum atomic E-state index is -0.441. The van der Waals surface area contributed by atoms with E-state index in [2.05, 4.69) is 79.5 Å². The molecule has 2 N–H and O–H groups in total. The highest BCUT2D eigenvalue weighted by Crippen LogP contribution is 2.46. The van der Waals surface area contributed by atoms with Crippen LogP contribution in [0.5, 0.6) is 0 Å². The third kappa shape index (κ3) is 4.02. The standard InChI is InChI=1S/C27H38BN3O2/c1-17-14-20-21(25(4,5)13-12-24(20,2)3)15-19(17)23(31-29)22-11-10-18(16-30-22)28-32-26(6,7)27(8,9)33-28/h10-11,14-16H,12-13,29H2,1-9H3. The Bertz CT molecular complexity index is 1090. The monoisotopic (exact) mass is 447 g/mol. The first-order valence-electron chi connectivity index (χ1n) is 11.9. The van der Waals surface area contributed by atoms with E-state index < -0.39 is 7.12 Å². The number of rotatable bonds is 3. The lowest BCUT2D eigenvalue weighted by Crippen LogP contribution is -2.41. The van der Waals surface area contributed by atoms with E-state index in [0.29, 0.717) is 5.71 Å². The van der Waals surface area contributed by atoms with Gasteiger partial charge in [-0.25, -0.2) is 0 Å². The van der Waals surface area contributed by atoms with Crippen molar-refractivity contribution in [1.29, 1.82) is 0 Å². The third-order valence-electron chi connectivity index (χ3n) is 8.14.